The van der Waals surface area contributed by atoms with E-state index >= 15 is 0 Å². The summed E-state index contributed by atoms with van der Waals surface area (Å²) >= 11 is 0. The maximum atomic E-state index is 13.3. The number of aliphatic imine (C=N–C) groups is 1. The van der Waals surface area contributed by atoms with Gasteiger partial charge < -0.3 is 25.2 Å². The Hall–Kier alpha value is -3.38. The Morgan fingerprint density at radius 3 is 2.23 bits per heavy atom. The Labute approximate surface area is 201 Å². The molecule has 13 heteroatoms. The van der Waals surface area contributed by atoms with Gasteiger partial charge in [-0.1, -0.05) is 0 Å². The summed E-state index contributed by atoms with van der Waals surface area (Å²) in [6.07, 6.45) is -1.90. The number of anilines is 1. The van der Waals surface area contributed by atoms with E-state index in [9.17, 15) is 22.8 Å². The van der Waals surface area contributed by atoms with Crippen molar-refractivity contribution in [2.24, 2.45) is 10.7 Å². The molecule has 192 valence electrons. The zero-order valence-corrected chi connectivity index (χ0v) is 20.0. The molecule has 2 N–H and O–H groups in total. The normalized spacial score (nSPS) is 17.5. The highest BCUT2D eigenvalue weighted by molar-refractivity contribution is 6.09. The highest BCUT2D eigenvalue weighted by Crippen LogP contribution is 2.31. The lowest BCUT2D eigenvalue weighted by Gasteiger charge is -2.35. The van der Waals surface area contributed by atoms with Crippen LogP contribution in [0.2, 0.25) is 0 Å². The smallest absolute Gasteiger partial charge is 0.433 e. The van der Waals surface area contributed by atoms with E-state index in [1.807, 2.05) is 0 Å². The number of amides is 2. The topological polar surface area (TPSA) is 117 Å². The summed E-state index contributed by atoms with van der Waals surface area (Å²) < 4.78 is 45.4. The fourth-order valence-electron chi connectivity index (χ4n) is 3.37. The third-order valence-corrected chi connectivity index (χ3v) is 5.36. The third kappa shape index (κ3) is 7.06. The first-order chi connectivity index (χ1) is 16.4. The number of carbonyl (C=O) groups is 2. The van der Waals surface area contributed by atoms with Crippen molar-refractivity contribution >= 4 is 29.7 Å². The number of piperazine rings is 1. The van der Waals surface area contributed by atoms with Crippen LogP contribution in [0.5, 0.6) is 0 Å². The van der Waals surface area contributed by atoms with Crippen molar-refractivity contribution in [3.63, 3.8) is 0 Å². The van der Waals surface area contributed by atoms with Crippen molar-refractivity contribution < 1.29 is 27.5 Å². The second kappa shape index (κ2) is 10.5. The lowest BCUT2D eigenvalue weighted by Crippen LogP contribution is -2.52. The van der Waals surface area contributed by atoms with Gasteiger partial charge in [0, 0.05) is 57.3 Å². The standard InChI is InChI=1S/C22H30F3N7O3/c1-21(2,3)35-20(34)32-9-7-30(8-10-32)18(33)14-27-13-15(12-26)16-11-17(22(23,24)25)29-19(28-16)31-5-4-6-31/h11-13H,4-10,14,26H2,1-3H3. The van der Waals surface area contributed by atoms with Crippen LogP contribution in [0.4, 0.5) is 23.9 Å². The predicted octanol–water partition coefficient (Wildman–Crippen LogP) is 2.16. The highest BCUT2D eigenvalue weighted by Gasteiger charge is 2.35. The lowest BCUT2D eigenvalue weighted by atomic mass is 10.2. The predicted molar refractivity (Wildman–Crippen MR) is 124 cm³/mol. The van der Waals surface area contributed by atoms with Crippen LogP contribution in [0.3, 0.4) is 0 Å². The lowest BCUT2D eigenvalue weighted by molar-refractivity contribution is -0.141. The van der Waals surface area contributed by atoms with Crippen LogP contribution in [-0.2, 0) is 15.7 Å². The first-order valence-electron chi connectivity index (χ1n) is 11.3. The fourth-order valence-corrected chi connectivity index (χ4v) is 3.37. The molecular weight excluding hydrogens is 467 g/mol. The van der Waals surface area contributed by atoms with Crippen molar-refractivity contribution in [1.29, 1.82) is 0 Å². The summed E-state index contributed by atoms with van der Waals surface area (Å²) in [5.74, 6) is -0.297. The molecule has 1 aromatic heterocycles. The number of nitrogens with two attached hydrogens (primary N) is 1. The van der Waals surface area contributed by atoms with Gasteiger partial charge in [-0.05, 0) is 33.3 Å². The molecule has 2 amide bonds. The van der Waals surface area contributed by atoms with Gasteiger partial charge in [0.15, 0.2) is 5.69 Å². The summed E-state index contributed by atoms with van der Waals surface area (Å²) in [4.78, 5) is 41.3. The summed E-state index contributed by atoms with van der Waals surface area (Å²) in [5.41, 5.74) is 4.07. The fraction of sp³-hybridized carbons (Fsp3) is 0.591. The molecule has 0 spiro atoms. The Morgan fingerprint density at radius 2 is 1.71 bits per heavy atom. The van der Waals surface area contributed by atoms with E-state index in [-0.39, 0.29) is 29.7 Å². The van der Waals surface area contributed by atoms with Crippen molar-refractivity contribution in [2.45, 2.75) is 39.0 Å². The molecule has 0 unspecified atom stereocenters. The largest absolute Gasteiger partial charge is 0.444 e. The van der Waals surface area contributed by atoms with E-state index in [4.69, 9.17) is 10.5 Å². The minimum atomic E-state index is -4.65. The van der Waals surface area contributed by atoms with Gasteiger partial charge in [-0.15, -0.1) is 0 Å². The molecule has 10 nitrogen and oxygen atoms in total. The molecule has 0 saturated carbocycles. The molecule has 3 heterocycles. The number of carbonyl (C=O) groups excluding carboxylic acids is 2. The van der Waals surface area contributed by atoms with E-state index < -0.39 is 23.6 Å². The van der Waals surface area contributed by atoms with Crippen molar-refractivity contribution in [3.05, 3.63) is 23.7 Å². The van der Waals surface area contributed by atoms with E-state index in [1.165, 1.54) is 11.1 Å². The maximum absolute atomic E-state index is 13.3. The van der Waals surface area contributed by atoms with Crippen LogP contribution >= 0.6 is 0 Å². The van der Waals surface area contributed by atoms with Crippen molar-refractivity contribution in [2.75, 3.05) is 50.7 Å². The second-order valence-electron chi connectivity index (χ2n) is 9.22. The summed E-state index contributed by atoms with van der Waals surface area (Å²) in [7, 11) is 0. The van der Waals surface area contributed by atoms with Crippen molar-refractivity contribution in [3.8, 4) is 0 Å². The number of halogens is 3. The van der Waals surface area contributed by atoms with Gasteiger partial charge in [-0.2, -0.15) is 13.2 Å². The number of alkyl halides is 3. The van der Waals surface area contributed by atoms with Gasteiger partial charge >= 0.3 is 12.3 Å². The average molecular weight is 498 g/mol. The Kier molecular flexibility index (Phi) is 7.86. The molecule has 0 atom stereocenters. The molecule has 0 radical (unpaired) electrons. The number of allylic oxidation sites excluding steroid dienone is 1. The van der Waals surface area contributed by atoms with Crippen LogP contribution < -0.4 is 10.6 Å². The molecule has 2 saturated heterocycles. The van der Waals surface area contributed by atoms with Crippen molar-refractivity contribution in [1.82, 2.24) is 19.8 Å². The molecule has 2 fully saturated rings. The van der Waals surface area contributed by atoms with Gasteiger partial charge in [0.25, 0.3) is 0 Å². The molecule has 3 rings (SSSR count). The maximum Gasteiger partial charge on any atom is 0.433 e. The van der Waals surface area contributed by atoms with E-state index in [1.54, 1.807) is 30.6 Å². The molecular formula is C22H30F3N7O3. The number of rotatable bonds is 5. The number of ether oxygens (including phenoxy) is 1. The van der Waals surface area contributed by atoms with Gasteiger partial charge in [-0.25, -0.2) is 14.8 Å². The van der Waals surface area contributed by atoms with E-state index in [0.29, 0.717) is 39.3 Å². The summed E-state index contributed by atoms with van der Waals surface area (Å²) in [6, 6.07) is 0.811. The molecule has 0 aromatic carbocycles. The Balaban J connectivity index is 1.61. The number of hydrogen-bond acceptors (Lipinski definition) is 8. The quantitative estimate of drug-likeness (QED) is 0.620. The molecule has 1 aromatic rings. The number of aromatic nitrogens is 2. The van der Waals surface area contributed by atoms with Crippen LogP contribution in [-0.4, -0.2) is 89.4 Å². The van der Waals surface area contributed by atoms with Crippen LogP contribution in [0.15, 0.2) is 17.3 Å². The summed E-state index contributed by atoms with van der Waals surface area (Å²) in [6.45, 7) is 7.59. The number of nitrogens with zero attached hydrogens (tertiary/aromatic N) is 6. The third-order valence-electron chi connectivity index (χ3n) is 5.36. The summed E-state index contributed by atoms with van der Waals surface area (Å²) in [5, 5.41) is 0. The molecule has 0 aliphatic carbocycles. The molecule has 2 aliphatic heterocycles. The number of hydrogen-bond donors (Lipinski definition) is 1. The van der Waals surface area contributed by atoms with Gasteiger partial charge in [0.05, 0.1) is 5.69 Å². The zero-order chi connectivity index (χ0) is 25.8. The monoisotopic (exact) mass is 497 g/mol. The molecule has 0 bridgehead atoms. The highest BCUT2D eigenvalue weighted by atomic mass is 19.4. The van der Waals surface area contributed by atoms with E-state index in [2.05, 4.69) is 15.0 Å². The first-order valence-corrected chi connectivity index (χ1v) is 11.3. The minimum absolute atomic E-state index is 0.0206. The molecule has 35 heavy (non-hydrogen) atoms. The minimum Gasteiger partial charge on any atom is -0.444 e. The van der Waals surface area contributed by atoms with Gasteiger partial charge in [0.2, 0.25) is 11.9 Å². The van der Waals surface area contributed by atoms with Gasteiger partial charge in [0.1, 0.15) is 12.1 Å². The average Bonchev–Trinajstić information content (AvgIpc) is 2.73. The van der Waals surface area contributed by atoms with E-state index in [0.717, 1.165) is 18.7 Å². The molecule has 2 aliphatic rings. The Bertz CT molecular complexity index is 993. The second-order valence-corrected chi connectivity index (χ2v) is 9.22. The van der Waals surface area contributed by atoms with Crippen LogP contribution in [0.1, 0.15) is 38.6 Å². The zero-order valence-electron chi connectivity index (χ0n) is 20.0. The van der Waals surface area contributed by atoms with Crippen LogP contribution in [0, 0.1) is 0 Å². The SMILES string of the molecule is CC(C)(C)OC(=O)N1CCN(C(=O)CN=CC(=CN)c2cc(C(F)(F)F)nc(N3CCC3)n2)CC1. The van der Waals surface area contributed by atoms with Gasteiger partial charge in [-0.3, -0.25) is 9.79 Å². The first kappa shape index (κ1) is 26.2. The Morgan fingerprint density at radius 1 is 1.09 bits per heavy atom. The van der Waals surface area contributed by atoms with Crippen LogP contribution in [0.25, 0.3) is 5.57 Å².